The van der Waals surface area contributed by atoms with Crippen LogP contribution in [0.4, 0.5) is 4.79 Å². The number of rotatable bonds is 5. The van der Waals surface area contributed by atoms with Crippen LogP contribution in [0.15, 0.2) is 53.1 Å². The van der Waals surface area contributed by atoms with E-state index in [4.69, 9.17) is 4.42 Å². The number of furan rings is 1. The van der Waals surface area contributed by atoms with E-state index < -0.39 is 5.54 Å². The molecule has 6 heteroatoms. The van der Waals surface area contributed by atoms with Crippen molar-refractivity contribution in [3.05, 3.63) is 60.1 Å². The van der Waals surface area contributed by atoms with E-state index in [1.54, 1.807) is 18.2 Å². The van der Waals surface area contributed by atoms with E-state index in [-0.39, 0.29) is 11.9 Å². The Morgan fingerprint density at radius 1 is 1.04 bits per heavy atom. The zero-order valence-corrected chi connectivity index (χ0v) is 15.6. The minimum Gasteiger partial charge on any atom is -0.468 e. The highest BCUT2D eigenvalue weighted by Gasteiger charge is 2.56. The Balaban J connectivity index is 1.41. The topological polar surface area (TPSA) is 57.0 Å². The molecule has 0 saturated carbocycles. The first-order valence-corrected chi connectivity index (χ1v) is 9.48. The number of hydrogen-bond donors (Lipinski definition) is 0. The van der Waals surface area contributed by atoms with Gasteiger partial charge in [0.2, 0.25) is 0 Å². The molecular weight excluding hydrogens is 342 g/mol. The predicted molar refractivity (Wildman–Crippen MR) is 101 cm³/mol. The summed E-state index contributed by atoms with van der Waals surface area (Å²) < 4.78 is 5.42. The van der Waals surface area contributed by atoms with Crippen LogP contribution < -0.4 is 0 Å². The highest BCUT2D eigenvalue weighted by molar-refractivity contribution is 6.07. The minimum absolute atomic E-state index is 0.0384. The normalized spacial score (nSPS) is 20.0. The smallest absolute Gasteiger partial charge is 0.327 e. The summed E-state index contributed by atoms with van der Waals surface area (Å²) in [4.78, 5) is 31.3. The zero-order chi connectivity index (χ0) is 18.9. The predicted octanol–water partition coefficient (Wildman–Crippen LogP) is 2.75. The number of nitrogens with zero attached hydrogens (tertiary/aromatic N) is 3. The number of imide groups is 1. The molecule has 2 saturated heterocycles. The SMILES string of the molecule is CN1C(=O)N(CCc2ccccc2)C(=O)C12CCN(Cc1ccco1)CC2. The molecule has 1 spiro atoms. The van der Waals surface area contributed by atoms with Crippen molar-refractivity contribution >= 4 is 11.9 Å². The lowest BCUT2D eigenvalue weighted by atomic mass is 9.86. The molecule has 0 aliphatic carbocycles. The van der Waals surface area contributed by atoms with Gasteiger partial charge in [0.05, 0.1) is 12.8 Å². The van der Waals surface area contributed by atoms with E-state index in [1.807, 2.05) is 42.5 Å². The molecule has 0 unspecified atom stereocenters. The fraction of sp³-hybridized carbons (Fsp3) is 0.429. The minimum atomic E-state index is -0.687. The monoisotopic (exact) mass is 367 g/mol. The second-order valence-electron chi connectivity index (χ2n) is 7.42. The number of benzene rings is 1. The molecule has 0 N–H and O–H groups in total. The van der Waals surface area contributed by atoms with Gasteiger partial charge < -0.3 is 9.32 Å². The fourth-order valence-electron chi connectivity index (χ4n) is 4.18. The number of likely N-dealkylation sites (N-methyl/N-ethyl adjacent to an activating group) is 1. The third kappa shape index (κ3) is 3.25. The number of hydrogen-bond acceptors (Lipinski definition) is 4. The van der Waals surface area contributed by atoms with Gasteiger partial charge in [0.15, 0.2) is 0 Å². The molecule has 6 nitrogen and oxygen atoms in total. The molecule has 0 atom stereocenters. The van der Waals surface area contributed by atoms with Gasteiger partial charge in [-0.2, -0.15) is 0 Å². The summed E-state index contributed by atoms with van der Waals surface area (Å²) in [7, 11) is 1.77. The molecule has 27 heavy (non-hydrogen) atoms. The van der Waals surface area contributed by atoms with Gasteiger partial charge in [-0.3, -0.25) is 14.6 Å². The van der Waals surface area contributed by atoms with Gasteiger partial charge in [0, 0.05) is 26.7 Å². The lowest BCUT2D eigenvalue weighted by Gasteiger charge is -2.40. The number of urea groups is 1. The largest absolute Gasteiger partial charge is 0.468 e. The van der Waals surface area contributed by atoms with E-state index >= 15 is 0 Å². The lowest BCUT2D eigenvalue weighted by molar-refractivity contribution is -0.135. The molecule has 1 aromatic carbocycles. The van der Waals surface area contributed by atoms with Crippen LogP contribution in [0.2, 0.25) is 0 Å². The van der Waals surface area contributed by atoms with Crippen molar-refractivity contribution in [3.63, 3.8) is 0 Å². The molecule has 0 radical (unpaired) electrons. The summed E-state index contributed by atoms with van der Waals surface area (Å²) in [5, 5.41) is 0. The summed E-state index contributed by atoms with van der Waals surface area (Å²) >= 11 is 0. The maximum absolute atomic E-state index is 13.2. The van der Waals surface area contributed by atoms with E-state index in [9.17, 15) is 9.59 Å². The molecule has 2 aliphatic heterocycles. The molecule has 2 fully saturated rings. The van der Waals surface area contributed by atoms with E-state index in [1.165, 1.54) is 4.90 Å². The van der Waals surface area contributed by atoms with Crippen LogP contribution in [0.25, 0.3) is 0 Å². The highest BCUT2D eigenvalue weighted by Crippen LogP contribution is 2.36. The highest BCUT2D eigenvalue weighted by atomic mass is 16.3. The van der Waals surface area contributed by atoms with Gasteiger partial charge >= 0.3 is 6.03 Å². The Morgan fingerprint density at radius 2 is 1.78 bits per heavy atom. The Labute approximate surface area is 159 Å². The van der Waals surface area contributed by atoms with E-state index in [0.717, 1.165) is 31.0 Å². The van der Waals surface area contributed by atoms with Crippen LogP contribution in [-0.2, 0) is 17.8 Å². The first-order valence-electron chi connectivity index (χ1n) is 9.48. The van der Waals surface area contributed by atoms with Crippen molar-refractivity contribution < 1.29 is 14.0 Å². The van der Waals surface area contributed by atoms with Gasteiger partial charge in [-0.1, -0.05) is 30.3 Å². The van der Waals surface area contributed by atoms with Gasteiger partial charge in [0.25, 0.3) is 5.91 Å². The molecular formula is C21H25N3O3. The van der Waals surface area contributed by atoms with Gasteiger partial charge in [-0.25, -0.2) is 4.79 Å². The molecule has 3 amide bonds. The summed E-state index contributed by atoms with van der Waals surface area (Å²) in [6.45, 7) is 2.73. The maximum Gasteiger partial charge on any atom is 0.327 e. The maximum atomic E-state index is 13.2. The molecule has 142 valence electrons. The molecule has 2 aromatic rings. The van der Waals surface area contributed by atoms with Crippen molar-refractivity contribution in [3.8, 4) is 0 Å². The van der Waals surface area contributed by atoms with Crippen molar-refractivity contribution in [1.82, 2.24) is 14.7 Å². The third-order valence-corrected chi connectivity index (χ3v) is 5.91. The number of carbonyl (C=O) groups is 2. The van der Waals surface area contributed by atoms with Crippen LogP contribution in [0.3, 0.4) is 0 Å². The quantitative estimate of drug-likeness (QED) is 0.763. The molecule has 4 rings (SSSR count). The van der Waals surface area contributed by atoms with Crippen molar-refractivity contribution in [2.24, 2.45) is 0 Å². The van der Waals surface area contributed by atoms with Crippen molar-refractivity contribution in [1.29, 1.82) is 0 Å². The first-order chi connectivity index (χ1) is 13.1. The molecule has 2 aliphatic rings. The summed E-state index contributed by atoms with van der Waals surface area (Å²) in [5.74, 6) is 0.890. The Bertz CT molecular complexity index is 795. The lowest BCUT2D eigenvalue weighted by Crippen LogP contribution is -2.55. The first kappa shape index (κ1) is 17.8. The van der Waals surface area contributed by atoms with Gasteiger partial charge in [-0.05, 0) is 37.0 Å². The molecule has 3 heterocycles. The van der Waals surface area contributed by atoms with E-state index in [2.05, 4.69) is 4.90 Å². The average Bonchev–Trinajstić information content (AvgIpc) is 3.26. The average molecular weight is 367 g/mol. The van der Waals surface area contributed by atoms with Crippen LogP contribution in [0.5, 0.6) is 0 Å². The number of amides is 3. The van der Waals surface area contributed by atoms with E-state index in [0.29, 0.717) is 25.8 Å². The van der Waals surface area contributed by atoms with Gasteiger partial charge in [0.1, 0.15) is 11.3 Å². The second-order valence-corrected chi connectivity index (χ2v) is 7.42. The standard InChI is InChI=1S/C21H25N3O3/c1-22-20(26)24(12-9-17-6-3-2-4-7-17)19(25)21(22)10-13-23(14-11-21)16-18-8-5-15-27-18/h2-8,15H,9-14,16H2,1H3. The zero-order valence-electron chi connectivity index (χ0n) is 15.6. The Morgan fingerprint density at radius 3 is 2.44 bits per heavy atom. The molecule has 1 aromatic heterocycles. The summed E-state index contributed by atoms with van der Waals surface area (Å²) in [6.07, 6.45) is 3.69. The number of piperidine rings is 1. The summed E-state index contributed by atoms with van der Waals surface area (Å²) in [5.41, 5.74) is 0.447. The fourth-order valence-corrected chi connectivity index (χ4v) is 4.18. The second kappa shape index (κ2) is 7.19. The Hall–Kier alpha value is -2.60. The Kier molecular flexibility index (Phi) is 4.74. The third-order valence-electron chi connectivity index (χ3n) is 5.91. The van der Waals surface area contributed by atoms with Crippen molar-refractivity contribution in [2.75, 3.05) is 26.7 Å². The van der Waals surface area contributed by atoms with Crippen LogP contribution in [0.1, 0.15) is 24.2 Å². The summed E-state index contributed by atoms with van der Waals surface area (Å²) in [6, 6.07) is 13.7. The van der Waals surface area contributed by atoms with Crippen LogP contribution in [-0.4, -0.2) is 58.9 Å². The van der Waals surface area contributed by atoms with Crippen molar-refractivity contribution in [2.45, 2.75) is 31.3 Å². The van der Waals surface area contributed by atoms with Gasteiger partial charge in [-0.15, -0.1) is 0 Å². The number of likely N-dealkylation sites (tertiary alicyclic amines) is 1. The van der Waals surface area contributed by atoms with Crippen LogP contribution >= 0.6 is 0 Å². The number of carbonyl (C=O) groups excluding carboxylic acids is 2. The van der Waals surface area contributed by atoms with Crippen LogP contribution in [0, 0.1) is 0 Å². The molecule has 0 bridgehead atoms.